The summed E-state index contributed by atoms with van der Waals surface area (Å²) in [7, 11) is 0. The molecule has 0 spiro atoms. The second kappa shape index (κ2) is 12.4. The summed E-state index contributed by atoms with van der Waals surface area (Å²) in [6.07, 6.45) is 9.21. The average molecular weight is 542 g/mol. The number of ether oxygens (including phenoxy) is 1. The number of anilines is 2. The first kappa shape index (κ1) is 27.4. The number of hydrogen-bond donors (Lipinski definition) is 0. The Bertz CT molecular complexity index is 1590. The van der Waals surface area contributed by atoms with Crippen LogP contribution in [0.3, 0.4) is 0 Å². The summed E-state index contributed by atoms with van der Waals surface area (Å²) in [6.45, 7) is 4.10. The molecule has 41 heavy (non-hydrogen) atoms. The quantitative estimate of drug-likeness (QED) is 0.119. The van der Waals surface area contributed by atoms with Crippen LogP contribution in [0.15, 0.2) is 114 Å². The van der Waals surface area contributed by atoms with Gasteiger partial charge in [-0.05, 0) is 55.5 Å². The van der Waals surface area contributed by atoms with Gasteiger partial charge in [0, 0.05) is 17.8 Å². The van der Waals surface area contributed by atoms with Crippen LogP contribution in [0.25, 0.3) is 22.5 Å². The van der Waals surface area contributed by atoms with Gasteiger partial charge in [-0.25, -0.2) is 9.88 Å². The number of hydrogen-bond acceptors (Lipinski definition) is 6. The Hall–Kier alpha value is -5.15. The Labute approximate surface area is 240 Å². The highest BCUT2D eigenvalue weighted by molar-refractivity contribution is 5.87. The molecule has 1 aliphatic carbocycles. The van der Waals surface area contributed by atoms with Crippen LogP contribution in [0, 0.1) is 19.4 Å². The molecule has 3 aromatic carbocycles. The summed E-state index contributed by atoms with van der Waals surface area (Å²) < 4.78 is 11.0. The summed E-state index contributed by atoms with van der Waals surface area (Å²) >= 11 is 0. The van der Waals surface area contributed by atoms with Crippen molar-refractivity contribution < 1.29 is 14.1 Å². The lowest BCUT2D eigenvalue weighted by Crippen LogP contribution is -2.23. The molecular weight excluding hydrogens is 510 g/mol. The van der Waals surface area contributed by atoms with Crippen molar-refractivity contribution in [3.05, 3.63) is 121 Å². The van der Waals surface area contributed by atoms with Gasteiger partial charge in [-0.2, -0.15) is 0 Å². The van der Waals surface area contributed by atoms with Crippen LogP contribution >= 0.6 is 0 Å². The number of rotatable bonds is 7. The summed E-state index contributed by atoms with van der Waals surface area (Å²) in [4.78, 5) is 18.4. The number of carbonyl (C=O) groups is 1. The van der Waals surface area contributed by atoms with Crippen LogP contribution in [-0.2, 0) is 14.9 Å². The number of aryl methyl sites for hydroxylation is 1. The zero-order chi connectivity index (χ0) is 28.7. The van der Waals surface area contributed by atoms with Gasteiger partial charge < -0.3 is 9.26 Å². The van der Waals surface area contributed by atoms with E-state index in [2.05, 4.69) is 28.3 Å². The third-order valence-electron chi connectivity index (χ3n) is 7.06. The number of terminal acetylenes is 1. The van der Waals surface area contributed by atoms with Gasteiger partial charge in [0.1, 0.15) is 17.2 Å². The highest BCUT2D eigenvalue weighted by Crippen LogP contribution is 2.49. The van der Waals surface area contributed by atoms with Gasteiger partial charge >= 0.3 is 5.97 Å². The van der Waals surface area contributed by atoms with Crippen molar-refractivity contribution in [2.45, 2.75) is 32.1 Å². The first-order chi connectivity index (χ1) is 20.1. The van der Waals surface area contributed by atoms with E-state index in [0.717, 1.165) is 35.1 Å². The Morgan fingerprint density at radius 1 is 0.902 bits per heavy atom. The van der Waals surface area contributed by atoms with Crippen molar-refractivity contribution in [2.75, 3.05) is 11.5 Å². The first-order valence-corrected chi connectivity index (χ1v) is 13.6. The van der Waals surface area contributed by atoms with E-state index in [1.807, 2.05) is 105 Å². The van der Waals surface area contributed by atoms with Crippen molar-refractivity contribution in [3.63, 3.8) is 0 Å². The Balaban J connectivity index is 0.000000500. The standard InChI is InChI=1S/C29H25N3O3.C6H6/c1-4-32(25-8-6-7-19-30-25)26-20(3)31-35-27(26)23-11-9-21(10-12-23)22-13-15-24(16-14-22)29(17-18-29)28(33)34-5-2;1-2-4-6-5-3-1/h1,6-16,19H,5,17-18H2,2-3H3;1-6H. The maximum absolute atomic E-state index is 12.4. The van der Waals surface area contributed by atoms with Gasteiger partial charge in [-0.15, -0.1) is 0 Å². The lowest BCUT2D eigenvalue weighted by Gasteiger charge is -2.16. The second-order valence-corrected chi connectivity index (χ2v) is 9.71. The summed E-state index contributed by atoms with van der Waals surface area (Å²) in [6, 6.07) is 36.5. The minimum Gasteiger partial charge on any atom is -0.465 e. The van der Waals surface area contributed by atoms with E-state index in [1.165, 1.54) is 0 Å². The lowest BCUT2D eigenvalue weighted by molar-refractivity contribution is -0.146. The molecule has 2 aromatic heterocycles. The Kier molecular flexibility index (Phi) is 8.26. The summed E-state index contributed by atoms with van der Waals surface area (Å²) in [5, 5.41) is 4.16. The van der Waals surface area contributed by atoms with Crippen molar-refractivity contribution >= 4 is 17.5 Å². The van der Waals surface area contributed by atoms with Crippen LogP contribution in [0.4, 0.5) is 11.5 Å². The van der Waals surface area contributed by atoms with Crippen LogP contribution < -0.4 is 4.90 Å². The number of esters is 1. The molecule has 2 heterocycles. The van der Waals surface area contributed by atoms with Crippen molar-refractivity contribution in [3.8, 4) is 34.9 Å². The Morgan fingerprint density at radius 3 is 2.00 bits per heavy atom. The van der Waals surface area contributed by atoms with Crippen molar-refractivity contribution in [2.24, 2.45) is 0 Å². The zero-order valence-corrected chi connectivity index (χ0v) is 23.2. The highest BCUT2D eigenvalue weighted by atomic mass is 16.5. The van der Waals surface area contributed by atoms with E-state index in [-0.39, 0.29) is 5.97 Å². The Morgan fingerprint density at radius 2 is 1.49 bits per heavy atom. The number of nitrogens with zero attached hydrogens (tertiary/aromatic N) is 3. The van der Waals surface area contributed by atoms with Gasteiger partial charge in [0.25, 0.3) is 0 Å². The number of pyridine rings is 1. The molecule has 204 valence electrons. The zero-order valence-electron chi connectivity index (χ0n) is 23.2. The minimum atomic E-state index is -0.463. The van der Waals surface area contributed by atoms with E-state index < -0.39 is 5.41 Å². The molecule has 0 N–H and O–H groups in total. The van der Waals surface area contributed by atoms with E-state index >= 15 is 0 Å². The molecular formula is C35H31N3O3. The maximum atomic E-state index is 12.4. The fraction of sp³-hybridized carbons (Fsp3) is 0.171. The molecule has 1 aliphatic rings. The third-order valence-corrected chi connectivity index (χ3v) is 7.06. The van der Waals surface area contributed by atoms with Crippen LogP contribution in [0.2, 0.25) is 0 Å². The average Bonchev–Trinajstić information content (AvgIpc) is 3.77. The third kappa shape index (κ3) is 5.90. The highest BCUT2D eigenvalue weighted by Gasteiger charge is 2.52. The molecule has 6 nitrogen and oxygen atoms in total. The fourth-order valence-electron chi connectivity index (χ4n) is 4.73. The SMILES string of the molecule is C#CN(c1ccccn1)c1c(C)noc1-c1ccc(-c2ccc(C3(C(=O)OCC)CC3)cc2)cc1.c1ccccc1. The van der Waals surface area contributed by atoms with E-state index in [1.54, 1.807) is 11.1 Å². The largest absolute Gasteiger partial charge is 0.465 e. The fourth-order valence-corrected chi connectivity index (χ4v) is 4.73. The smallest absolute Gasteiger partial charge is 0.316 e. The minimum absolute atomic E-state index is 0.123. The molecule has 0 aliphatic heterocycles. The van der Waals surface area contributed by atoms with Crippen molar-refractivity contribution in [1.82, 2.24) is 10.1 Å². The van der Waals surface area contributed by atoms with Crippen molar-refractivity contribution in [1.29, 1.82) is 0 Å². The number of carbonyl (C=O) groups excluding carboxylic acids is 1. The van der Waals surface area contributed by atoms with Gasteiger partial charge in [-0.3, -0.25) is 4.79 Å². The molecule has 1 saturated carbocycles. The first-order valence-electron chi connectivity index (χ1n) is 13.6. The van der Waals surface area contributed by atoms with Gasteiger partial charge in [0.05, 0.1) is 12.0 Å². The van der Waals surface area contributed by atoms with E-state index in [0.29, 0.717) is 29.6 Å². The predicted molar refractivity (Wildman–Crippen MR) is 161 cm³/mol. The molecule has 0 unspecified atom stereocenters. The van der Waals surface area contributed by atoms with Gasteiger partial charge in [-0.1, -0.05) is 103 Å². The van der Waals surface area contributed by atoms with E-state index in [9.17, 15) is 4.79 Å². The van der Waals surface area contributed by atoms with E-state index in [4.69, 9.17) is 15.7 Å². The number of aromatic nitrogens is 2. The second-order valence-electron chi connectivity index (χ2n) is 9.71. The van der Waals surface area contributed by atoms with Gasteiger partial charge in [0.2, 0.25) is 0 Å². The topological polar surface area (TPSA) is 68.5 Å². The molecule has 0 atom stereocenters. The molecule has 0 bridgehead atoms. The van der Waals surface area contributed by atoms with Crippen LogP contribution in [0.5, 0.6) is 0 Å². The lowest BCUT2D eigenvalue weighted by atomic mass is 9.93. The molecule has 5 aromatic rings. The molecule has 6 rings (SSSR count). The predicted octanol–water partition coefficient (Wildman–Crippen LogP) is 7.72. The molecule has 0 radical (unpaired) electrons. The monoisotopic (exact) mass is 541 g/mol. The molecule has 0 saturated heterocycles. The van der Waals surface area contributed by atoms with Gasteiger partial charge in [0.15, 0.2) is 5.76 Å². The summed E-state index contributed by atoms with van der Waals surface area (Å²) in [5.74, 6) is 1.08. The molecule has 0 amide bonds. The summed E-state index contributed by atoms with van der Waals surface area (Å²) in [5.41, 5.74) is 4.90. The molecule has 6 heteroatoms. The normalized spacial score (nSPS) is 12.8. The molecule has 1 fully saturated rings. The van der Waals surface area contributed by atoms with Crippen LogP contribution in [-0.4, -0.2) is 22.7 Å². The maximum Gasteiger partial charge on any atom is 0.316 e. The number of benzene rings is 3. The van der Waals surface area contributed by atoms with Crippen LogP contribution in [0.1, 0.15) is 31.0 Å².